The molecule has 0 unspecified atom stereocenters. The summed E-state index contributed by atoms with van der Waals surface area (Å²) in [4.78, 5) is 45.1. The van der Waals surface area contributed by atoms with Crippen molar-refractivity contribution in [2.75, 3.05) is 62.4 Å². The quantitative estimate of drug-likeness (QED) is 0.334. The lowest BCUT2D eigenvalue weighted by molar-refractivity contribution is -0.123. The largest absolute Gasteiger partial charge is 0.424 e. The van der Waals surface area contributed by atoms with Gasteiger partial charge in [0.1, 0.15) is 5.75 Å². The number of nitrogens with zero attached hydrogens (tertiary/aromatic N) is 6. The Morgan fingerprint density at radius 3 is 2.05 bits per heavy atom. The van der Waals surface area contributed by atoms with Crippen molar-refractivity contribution in [3.63, 3.8) is 0 Å². The Labute approximate surface area is 256 Å². The zero-order chi connectivity index (χ0) is 29.1. The number of anilines is 2. The molecular formula is C28H26Cl2N6O5S. The molecule has 2 aromatic carbocycles. The summed E-state index contributed by atoms with van der Waals surface area (Å²) in [7, 11) is 0. The molecule has 3 aliphatic rings. The van der Waals surface area contributed by atoms with Gasteiger partial charge >= 0.3 is 6.01 Å². The molecule has 0 aliphatic carbocycles. The van der Waals surface area contributed by atoms with E-state index in [0.717, 1.165) is 17.3 Å². The third-order valence-corrected chi connectivity index (χ3v) is 8.41. The van der Waals surface area contributed by atoms with Gasteiger partial charge in [0.2, 0.25) is 11.9 Å². The van der Waals surface area contributed by atoms with Gasteiger partial charge in [-0.2, -0.15) is 15.0 Å². The topological polar surface area (TPSA) is 110 Å². The lowest BCUT2D eigenvalue weighted by atomic mass is 10.2. The minimum absolute atomic E-state index is 0.108. The molecule has 0 atom stereocenters. The predicted molar refractivity (Wildman–Crippen MR) is 160 cm³/mol. The number of rotatable bonds is 7. The first-order valence-corrected chi connectivity index (χ1v) is 14.9. The zero-order valence-corrected chi connectivity index (χ0v) is 24.7. The highest BCUT2D eigenvalue weighted by molar-refractivity contribution is 8.18. The second-order valence-electron chi connectivity index (χ2n) is 9.60. The van der Waals surface area contributed by atoms with E-state index >= 15 is 0 Å². The highest BCUT2D eigenvalue weighted by Crippen LogP contribution is 2.34. The number of hydrogen-bond acceptors (Lipinski definition) is 11. The summed E-state index contributed by atoms with van der Waals surface area (Å²) in [6, 6.07) is 12.3. The normalized spacial score (nSPS) is 18.7. The standard InChI is InChI=1S/C28H26Cl2N6O5S/c29-21-6-3-19(15-22(21)30)17-36-24(37)23(42-28(36)38)16-18-1-4-20(5-2-18)41-27-32-25(34-7-11-39-12-8-34)31-26(33-27)35-9-13-40-14-10-35/h1-6,15-16H,7-14,17H2/b23-16-. The SMILES string of the molecule is O=C1S/C(=C\c2ccc(Oc3nc(N4CCOCC4)nc(N4CCOCC4)n3)cc2)C(=O)N1Cc1ccc(Cl)c(Cl)c1. The van der Waals surface area contributed by atoms with Crippen molar-refractivity contribution < 1.29 is 23.8 Å². The van der Waals surface area contributed by atoms with Crippen molar-refractivity contribution in [3.05, 3.63) is 68.5 Å². The molecule has 218 valence electrons. The molecule has 2 amide bonds. The van der Waals surface area contributed by atoms with E-state index in [1.807, 2.05) is 0 Å². The molecule has 3 saturated heterocycles. The lowest BCUT2D eigenvalue weighted by Crippen LogP contribution is -2.40. The summed E-state index contributed by atoms with van der Waals surface area (Å²) >= 11 is 13.0. The molecule has 0 bridgehead atoms. The van der Waals surface area contributed by atoms with E-state index in [2.05, 4.69) is 19.8 Å². The molecule has 1 aromatic heterocycles. The van der Waals surface area contributed by atoms with E-state index in [-0.39, 0.29) is 23.7 Å². The van der Waals surface area contributed by atoms with Crippen LogP contribution in [0, 0.1) is 0 Å². The number of amides is 2. The third kappa shape index (κ3) is 6.63. The van der Waals surface area contributed by atoms with Crippen LogP contribution >= 0.6 is 35.0 Å². The average molecular weight is 630 g/mol. The molecule has 14 heteroatoms. The average Bonchev–Trinajstić information content (AvgIpc) is 3.28. The second kappa shape index (κ2) is 12.8. The Bertz CT molecular complexity index is 1480. The van der Waals surface area contributed by atoms with E-state index in [4.69, 9.17) is 42.4 Å². The van der Waals surface area contributed by atoms with Gasteiger partial charge in [-0.25, -0.2) is 0 Å². The van der Waals surface area contributed by atoms with Crippen LogP contribution in [0.25, 0.3) is 6.08 Å². The summed E-state index contributed by atoms with van der Waals surface area (Å²) in [5.74, 6) is 1.23. The third-order valence-electron chi connectivity index (χ3n) is 6.76. The maximum atomic E-state index is 13.0. The summed E-state index contributed by atoms with van der Waals surface area (Å²) in [6.07, 6.45) is 1.68. The molecule has 0 N–H and O–H groups in total. The van der Waals surface area contributed by atoms with Gasteiger partial charge in [0.15, 0.2) is 0 Å². The van der Waals surface area contributed by atoms with Crippen LogP contribution in [0.3, 0.4) is 0 Å². The van der Waals surface area contributed by atoms with Crippen LogP contribution in [0.2, 0.25) is 10.0 Å². The minimum atomic E-state index is -0.368. The van der Waals surface area contributed by atoms with Gasteiger partial charge < -0.3 is 24.0 Å². The van der Waals surface area contributed by atoms with Crippen LogP contribution < -0.4 is 14.5 Å². The van der Waals surface area contributed by atoms with Crippen LogP contribution in [0.5, 0.6) is 11.8 Å². The molecule has 3 fully saturated rings. The van der Waals surface area contributed by atoms with Crippen LogP contribution in [0.1, 0.15) is 11.1 Å². The molecular weight excluding hydrogens is 603 g/mol. The van der Waals surface area contributed by atoms with Gasteiger partial charge in [-0.15, -0.1) is 0 Å². The zero-order valence-electron chi connectivity index (χ0n) is 22.4. The van der Waals surface area contributed by atoms with Gasteiger partial charge in [0.05, 0.1) is 47.9 Å². The van der Waals surface area contributed by atoms with Crippen molar-refractivity contribution in [3.8, 4) is 11.8 Å². The smallest absolute Gasteiger partial charge is 0.328 e. The molecule has 0 saturated carbocycles. The molecule has 0 radical (unpaired) electrons. The van der Waals surface area contributed by atoms with Crippen LogP contribution in [-0.2, 0) is 20.8 Å². The molecule has 11 nitrogen and oxygen atoms in total. The number of thioether (sulfide) groups is 1. The van der Waals surface area contributed by atoms with Gasteiger partial charge in [0, 0.05) is 26.2 Å². The lowest BCUT2D eigenvalue weighted by Gasteiger charge is -2.30. The van der Waals surface area contributed by atoms with Crippen LogP contribution in [-0.4, -0.2) is 83.6 Å². The number of benzene rings is 2. The molecule has 3 aliphatic heterocycles. The number of imide groups is 1. The van der Waals surface area contributed by atoms with Gasteiger partial charge in [-0.05, 0) is 53.2 Å². The van der Waals surface area contributed by atoms with Crippen molar-refractivity contribution >= 4 is 64.1 Å². The van der Waals surface area contributed by atoms with Crippen molar-refractivity contribution in [1.82, 2.24) is 19.9 Å². The van der Waals surface area contributed by atoms with Gasteiger partial charge in [-0.1, -0.05) is 41.4 Å². The maximum Gasteiger partial charge on any atom is 0.328 e. The summed E-state index contributed by atoms with van der Waals surface area (Å²) in [5, 5.41) is 0.428. The van der Waals surface area contributed by atoms with Gasteiger partial charge in [-0.3, -0.25) is 14.5 Å². The number of carbonyl (C=O) groups excluding carboxylic acids is 2. The fourth-order valence-electron chi connectivity index (χ4n) is 4.54. The van der Waals surface area contributed by atoms with E-state index in [1.54, 1.807) is 48.5 Å². The second-order valence-corrected chi connectivity index (χ2v) is 11.4. The minimum Gasteiger partial charge on any atom is -0.424 e. The van der Waals surface area contributed by atoms with Crippen molar-refractivity contribution in [2.24, 2.45) is 0 Å². The first kappa shape index (κ1) is 28.7. The van der Waals surface area contributed by atoms with Crippen LogP contribution in [0.4, 0.5) is 16.7 Å². The number of ether oxygens (including phenoxy) is 3. The van der Waals surface area contributed by atoms with Crippen molar-refractivity contribution in [2.45, 2.75) is 6.54 Å². The fraction of sp³-hybridized carbons (Fsp3) is 0.321. The number of aromatic nitrogens is 3. The highest BCUT2D eigenvalue weighted by atomic mass is 35.5. The van der Waals surface area contributed by atoms with E-state index in [1.165, 1.54) is 4.90 Å². The summed E-state index contributed by atoms with van der Waals surface area (Å²) in [5.41, 5.74) is 1.45. The first-order valence-electron chi connectivity index (χ1n) is 13.3. The number of morpholine rings is 2. The number of carbonyl (C=O) groups is 2. The fourth-order valence-corrected chi connectivity index (χ4v) is 5.70. The molecule has 6 rings (SSSR count). The van der Waals surface area contributed by atoms with E-state index in [0.29, 0.717) is 90.8 Å². The van der Waals surface area contributed by atoms with Gasteiger partial charge in [0.25, 0.3) is 11.1 Å². The first-order chi connectivity index (χ1) is 20.4. The number of halogens is 2. The Kier molecular flexibility index (Phi) is 8.77. The Hall–Kier alpha value is -3.42. The number of hydrogen-bond donors (Lipinski definition) is 0. The monoisotopic (exact) mass is 628 g/mol. The van der Waals surface area contributed by atoms with Crippen molar-refractivity contribution in [1.29, 1.82) is 0 Å². The molecule has 0 spiro atoms. The van der Waals surface area contributed by atoms with E-state index < -0.39 is 0 Å². The summed E-state index contributed by atoms with van der Waals surface area (Å²) in [6.45, 7) is 5.24. The Morgan fingerprint density at radius 1 is 0.833 bits per heavy atom. The predicted octanol–water partition coefficient (Wildman–Crippen LogP) is 4.88. The van der Waals surface area contributed by atoms with Crippen LogP contribution in [0.15, 0.2) is 47.4 Å². The Morgan fingerprint density at radius 2 is 1.45 bits per heavy atom. The molecule has 4 heterocycles. The molecule has 3 aromatic rings. The van der Waals surface area contributed by atoms with E-state index in [9.17, 15) is 9.59 Å². The Balaban J connectivity index is 1.17. The summed E-state index contributed by atoms with van der Waals surface area (Å²) < 4.78 is 17.0. The molecule has 42 heavy (non-hydrogen) atoms. The highest BCUT2D eigenvalue weighted by Gasteiger charge is 2.35. The maximum absolute atomic E-state index is 13.0.